The number of pyridine rings is 1. The number of aromatic nitrogens is 3. The van der Waals surface area contributed by atoms with Crippen LogP contribution in [0, 0.1) is 0 Å². The topological polar surface area (TPSA) is 51.0 Å². The Balaban J connectivity index is 1.45. The maximum Gasteiger partial charge on any atom is 0.257 e. The smallest absolute Gasteiger partial charge is 0.257 e. The van der Waals surface area contributed by atoms with Crippen molar-refractivity contribution in [2.24, 2.45) is 0 Å². The number of rotatable bonds is 4. The van der Waals surface area contributed by atoms with Gasteiger partial charge in [0.05, 0.1) is 17.3 Å². The van der Waals surface area contributed by atoms with Gasteiger partial charge in [0.25, 0.3) is 5.91 Å². The van der Waals surface area contributed by atoms with E-state index in [0.717, 1.165) is 44.4 Å². The molecule has 1 fully saturated rings. The molecule has 0 spiro atoms. The number of nitrogens with zero attached hydrogens (tertiary/aromatic N) is 4. The molecule has 0 saturated carbocycles. The van der Waals surface area contributed by atoms with Crippen LogP contribution >= 0.6 is 0 Å². The summed E-state index contributed by atoms with van der Waals surface area (Å²) in [5.74, 6) is 0.583. The highest BCUT2D eigenvalue weighted by Crippen LogP contribution is 2.32. The van der Waals surface area contributed by atoms with E-state index in [2.05, 4.69) is 41.3 Å². The third-order valence-corrected chi connectivity index (χ3v) is 5.24. The van der Waals surface area contributed by atoms with E-state index in [1.165, 1.54) is 10.9 Å². The third kappa shape index (κ3) is 3.21. The van der Waals surface area contributed by atoms with E-state index in [1.807, 2.05) is 28.0 Å². The molecule has 1 amide bonds. The number of carbonyl (C=O) groups is 1. The number of carbonyl (C=O) groups excluding carboxylic acids is 1. The molecule has 134 valence electrons. The van der Waals surface area contributed by atoms with E-state index in [4.69, 9.17) is 0 Å². The highest BCUT2D eigenvalue weighted by molar-refractivity contribution is 5.93. The fraction of sp³-hybridized carbons (Fsp3) is 0.381. The zero-order valence-corrected chi connectivity index (χ0v) is 15.1. The van der Waals surface area contributed by atoms with Crippen molar-refractivity contribution in [3.05, 3.63) is 60.0 Å². The zero-order valence-electron chi connectivity index (χ0n) is 15.1. The first kappa shape index (κ1) is 16.8. The highest BCUT2D eigenvalue weighted by atomic mass is 16.2. The molecular formula is C21H24N4O. The first-order valence-corrected chi connectivity index (χ1v) is 9.41. The summed E-state index contributed by atoms with van der Waals surface area (Å²) in [6.07, 6.45) is 8.46. The van der Waals surface area contributed by atoms with E-state index < -0.39 is 0 Å². The lowest BCUT2D eigenvalue weighted by molar-refractivity contribution is 0.0713. The predicted octanol–water partition coefficient (Wildman–Crippen LogP) is 3.86. The molecule has 1 aromatic carbocycles. The lowest BCUT2D eigenvalue weighted by Crippen LogP contribution is -2.37. The van der Waals surface area contributed by atoms with E-state index in [0.29, 0.717) is 11.5 Å². The molecule has 0 N–H and O–H groups in total. The first-order valence-electron chi connectivity index (χ1n) is 9.41. The van der Waals surface area contributed by atoms with Gasteiger partial charge in [-0.15, -0.1) is 0 Å². The minimum absolute atomic E-state index is 0.102. The second kappa shape index (κ2) is 7.28. The van der Waals surface area contributed by atoms with Crippen LogP contribution in [0.2, 0.25) is 0 Å². The molecule has 0 radical (unpaired) electrons. The summed E-state index contributed by atoms with van der Waals surface area (Å²) in [4.78, 5) is 19.2. The normalized spacial score (nSPS) is 15.5. The lowest BCUT2D eigenvalue weighted by atomic mass is 9.87. The van der Waals surface area contributed by atoms with Gasteiger partial charge in [-0.25, -0.2) is 0 Å². The zero-order chi connectivity index (χ0) is 17.9. The third-order valence-electron chi connectivity index (χ3n) is 5.24. The Morgan fingerprint density at radius 1 is 1.19 bits per heavy atom. The van der Waals surface area contributed by atoms with Crippen molar-refractivity contribution in [2.75, 3.05) is 13.1 Å². The van der Waals surface area contributed by atoms with Crippen LogP contribution in [0.4, 0.5) is 0 Å². The van der Waals surface area contributed by atoms with Crippen LogP contribution < -0.4 is 0 Å². The number of amides is 1. The molecule has 26 heavy (non-hydrogen) atoms. The van der Waals surface area contributed by atoms with Crippen molar-refractivity contribution in [1.82, 2.24) is 19.7 Å². The molecule has 1 saturated heterocycles. The largest absolute Gasteiger partial charge is 0.339 e. The molecule has 3 aromatic rings. The molecule has 0 atom stereocenters. The number of aryl methyl sites for hydroxylation is 1. The van der Waals surface area contributed by atoms with Gasteiger partial charge in [0.1, 0.15) is 0 Å². The maximum atomic E-state index is 12.7. The van der Waals surface area contributed by atoms with E-state index in [9.17, 15) is 4.79 Å². The molecule has 0 unspecified atom stereocenters. The molecule has 1 aliphatic heterocycles. The van der Waals surface area contributed by atoms with Gasteiger partial charge >= 0.3 is 0 Å². The first-order chi connectivity index (χ1) is 12.8. The van der Waals surface area contributed by atoms with E-state index in [1.54, 1.807) is 6.20 Å². The summed E-state index contributed by atoms with van der Waals surface area (Å²) in [5.41, 5.74) is 3.11. The van der Waals surface area contributed by atoms with Crippen LogP contribution in [-0.4, -0.2) is 38.7 Å². The van der Waals surface area contributed by atoms with Gasteiger partial charge < -0.3 is 4.90 Å². The minimum Gasteiger partial charge on any atom is -0.339 e. The molecule has 2 aromatic heterocycles. The van der Waals surface area contributed by atoms with Crippen molar-refractivity contribution in [3.8, 4) is 0 Å². The van der Waals surface area contributed by atoms with Crippen LogP contribution in [0.1, 0.15) is 48.0 Å². The lowest BCUT2D eigenvalue weighted by Gasteiger charge is -2.32. The van der Waals surface area contributed by atoms with Gasteiger partial charge in [-0.1, -0.05) is 25.1 Å². The number of para-hydroxylation sites is 1. The van der Waals surface area contributed by atoms with Crippen molar-refractivity contribution in [3.63, 3.8) is 0 Å². The van der Waals surface area contributed by atoms with Gasteiger partial charge in [0.2, 0.25) is 0 Å². The Morgan fingerprint density at radius 2 is 2.00 bits per heavy atom. The van der Waals surface area contributed by atoms with Crippen molar-refractivity contribution < 1.29 is 4.79 Å². The van der Waals surface area contributed by atoms with Gasteiger partial charge in [-0.05, 0) is 42.9 Å². The number of piperidine rings is 1. The van der Waals surface area contributed by atoms with Gasteiger partial charge in [0.15, 0.2) is 0 Å². The Morgan fingerprint density at radius 3 is 2.81 bits per heavy atom. The number of likely N-dealkylation sites (tertiary alicyclic amines) is 1. The molecule has 0 aliphatic carbocycles. The van der Waals surface area contributed by atoms with Crippen LogP contribution in [0.25, 0.3) is 10.9 Å². The Kier molecular flexibility index (Phi) is 4.69. The van der Waals surface area contributed by atoms with Crippen LogP contribution in [0.15, 0.2) is 48.9 Å². The predicted molar refractivity (Wildman–Crippen MR) is 102 cm³/mol. The molecular weight excluding hydrogens is 324 g/mol. The Hall–Kier alpha value is -2.69. The van der Waals surface area contributed by atoms with Crippen molar-refractivity contribution >= 4 is 16.8 Å². The summed E-state index contributed by atoms with van der Waals surface area (Å²) in [6, 6.07) is 10.4. The van der Waals surface area contributed by atoms with Gasteiger partial charge in [-0.3, -0.25) is 14.5 Å². The number of hydrogen-bond acceptors (Lipinski definition) is 3. The van der Waals surface area contributed by atoms with Gasteiger partial charge in [0, 0.05) is 37.4 Å². The second-order valence-electron chi connectivity index (χ2n) is 6.98. The molecule has 0 bridgehead atoms. The van der Waals surface area contributed by atoms with Crippen LogP contribution in [-0.2, 0) is 6.54 Å². The monoisotopic (exact) mass is 348 g/mol. The fourth-order valence-corrected chi connectivity index (χ4v) is 3.88. The summed E-state index contributed by atoms with van der Waals surface area (Å²) >= 11 is 0. The van der Waals surface area contributed by atoms with Crippen LogP contribution in [0.5, 0.6) is 0 Å². The summed E-state index contributed by atoms with van der Waals surface area (Å²) in [7, 11) is 0. The second-order valence-corrected chi connectivity index (χ2v) is 6.98. The summed E-state index contributed by atoms with van der Waals surface area (Å²) in [6.45, 7) is 4.54. The average Bonchev–Trinajstić information content (AvgIpc) is 3.16. The number of fused-ring (bicyclic) bond motifs is 1. The SMILES string of the molecule is CCCn1cc(C(=O)N2CCC(c3ccnc4ccccc34)CC2)cn1. The van der Waals surface area contributed by atoms with E-state index >= 15 is 0 Å². The maximum absolute atomic E-state index is 12.7. The summed E-state index contributed by atoms with van der Waals surface area (Å²) in [5, 5.41) is 5.52. The van der Waals surface area contributed by atoms with Crippen molar-refractivity contribution in [2.45, 2.75) is 38.6 Å². The fourth-order valence-electron chi connectivity index (χ4n) is 3.88. The molecule has 5 nitrogen and oxygen atoms in total. The minimum atomic E-state index is 0.102. The number of hydrogen-bond donors (Lipinski definition) is 0. The Bertz CT molecular complexity index is 904. The Labute approximate surface area is 153 Å². The standard InChI is InChI=1S/C21H24N4O/c1-2-11-25-15-17(14-23-25)21(26)24-12-8-16(9-13-24)18-7-10-22-20-6-4-3-5-19(18)20/h3-7,10,14-16H,2,8-9,11-13H2,1H3. The molecule has 4 rings (SSSR count). The average molecular weight is 348 g/mol. The van der Waals surface area contributed by atoms with Crippen molar-refractivity contribution in [1.29, 1.82) is 0 Å². The van der Waals surface area contributed by atoms with Crippen LogP contribution in [0.3, 0.4) is 0 Å². The quantitative estimate of drug-likeness (QED) is 0.719. The molecule has 3 heterocycles. The van der Waals surface area contributed by atoms with Gasteiger partial charge in [-0.2, -0.15) is 5.10 Å². The summed E-state index contributed by atoms with van der Waals surface area (Å²) < 4.78 is 1.85. The number of benzene rings is 1. The molecule has 5 heteroatoms. The molecule has 1 aliphatic rings. The highest BCUT2D eigenvalue weighted by Gasteiger charge is 2.26. The van der Waals surface area contributed by atoms with E-state index in [-0.39, 0.29) is 5.91 Å².